The quantitative estimate of drug-likeness (QED) is 0.738. The van der Waals surface area contributed by atoms with Crippen molar-refractivity contribution in [3.63, 3.8) is 0 Å². The summed E-state index contributed by atoms with van der Waals surface area (Å²) < 4.78 is 10.5. The van der Waals surface area contributed by atoms with E-state index < -0.39 is 6.04 Å². The van der Waals surface area contributed by atoms with Gasteiger partial charge in [0.15, 0.2) is 0 Å². The molecule has 0 aliphatic heterocycles. The monoisotopic (exact) mass is 369 g/mol. The zero-order valence-corrected chi connectivity index (χ0v) is 16.1. The molecule has 0 spiro atoms. The fraction of sp³-hybridized carbons (Fsp3) is 0.368. The van der Waals surface area contributed by atoms with Gasteiger partial charge in [-0.15, -0.1) is 0 Å². The first-order valence-corrected chi connectivity index (χ1v) is 8.69. The molecule has 8 heteroatoms. The lowest BCUT2D eigenvalue weighted by molar-refractivity contribution is 0.200. The highest BCUT2D eigenvalue weighted by Crippen LogP contribution is 2.22. The van der Waals surface area contributed by atoms with Crippen molar-refractivity contribution in [3.05, 3.63) is 52.7 Å². The van der Waals surface area contributed by atoms with Crippen LogP contribution in [0.25, 0.3) is 11.4 Å². The van der Waals surface area contributed by atoms with Crippen molar-refractivity contribution >= 4 is 6.03 Å². The van der Waals surface area contributed by atoms with Gasteiger partial charge in [0.2, 0.25) is 11.7 Å². The Morgan fingerprint density at radius 3 is 2.59 bits per heavy atom. The first-order valence-electron chi connectivity index (χ1n) is 8.69. The number of benzene rings is 1. The van der Waals surface area contributed by atoms with E-state index in [4.69, 9.17) is 9.05 Å². The number of hydrogen-bond donors (Lipinski definition) is 1. The molecule has 1 unspecified atom stereocenters. The van der Waals surface area contributed by atoms with E-state index >= 15 is 0 Å². The van der Waals surface area contributed by atoms with Crippen LogP contribution < -0.4 is 5.32 Å². The standard InChI is InChI=1S/C19H23N5O3/c1-11-8-6-7-9-15(11)17-21-18(27-23-17)13(3)20-19(25)24(5)10-16-12(2)22-26-14(16)4/h6-9,13H,10H2,1-5H3,(H,20,25). The van der Waals surface area contributed by atoms with Gasteiger partial charge >= 0.3 is 6.03 Å². The van der Waals surface area contributed by atoms with Crippen molar-refractivity contribution in [3.8, 4) is 11.4 Å². The number of aromatic nitrogens is 3. The van der Waals surface area contributed by atoms with Gasteiger partial charge in [-0.3, -0.25) is 0 Å². The van der Waals surface area contributed by atoms with Crippen molar-refractivity contribution in [2.45, 2.75) is 40.3 Å². The molecule has 0 radical (unpaired) electrons. The van der Waals surface area contributed by atoms with E-state index in [0.29, 0.717) is 24.0 Å². The maximum Gasteiger partial charge on any atom is 0.318 e. The zero-order chi connectivity index (χ0) is 19.6. The Kier molecular flexibility index (Phi) is 5.25. The molecule has 0 aliphatic carbocycles. The topological polar surface area (TPSA) is 97.3 Å². The molecule has 0 fully saturated rings. The average Bonchev–Trinajstić information content (AvgIpc) is 3.24. The van der Waals surface area contributed by atoms with Crippen molar-refractivity contribution in [1.82, 2.24) is 25.5 Å². The molecule has 3 rings (SSSR count). The number of carbonyl (C=O) groups is 1. The molecule has 27 heavy (non-hydrogen) atoms. The molecule has 3 aromatic rings. The third-order valence-corrected chi connectivity index (χ3v) is 4.46. The van der Waals surface area contributed by atoms with Gasteiger partial charge in [0.25, 0.3) is 0 Å². The summed E-state index contributed by atoms with van der Waals surface area (Å²) in [5.41, 5.74) is 3.64. The molecule has 0 aliphatic rings. The molecular weight excluding hydrogens is 346 g/mol. The molecule has 1 N–H and O–H groups in total. The van der Waals surface area contributed by atoms with Crippen molar-refractivity contribution in [1.29, 1.82) is 0 Å². The highest BCUT2D eigenvalue weighted by molar-refractivity contribution is 5.74. The third-order valence-electron chi connectivity index (χ3n) is 4.46. The number of urea groups is 1. The molecule has 2 aromatic heterocycles. The van der Waals surface area contributed by atoms with Crippen molar-refractivity contribution in [2.75, 3.05) is 7.05 Å². The van der Waals surface area contributed by atoms with Crippen LogP contribution >= 0.6 is 0 Å². The maximum absolute atomic E-state index is 12.5. The number of nitrogens with one attached hydrogen (secondary N) is 1. The third kappa shape index (κ3) is 3.99. The van der Waals surface area contributed by atoms with E-state index in [0.717, 1.165) is 22.4 Å². The number of carbonyl (C=O) groups excluding carboxylic acids is 1. The minimum Gasteiger partial charge on any atom is -0.361 e. The molecule has 8 nitrogen and oxygen atoms in total. The van der Waals surface area contributed by atoms with Gasteiger partial charge < -0.3 is 19.3 Å². The molecule has 2 heterocycles. The van der Waals surface area contributed by atoms with Crippen LogP contribution in [0, 0.1) is 20.8 Å². The Morgan fingerprint density at radius 2 is 1.93 bits per heavy atom. The van der Waals surface area contributed by atoms with Crippen LogP contribution in [0.5, 0.6) is 0 Å². The molecule has 0 bridgehead atoms. The second-order valence-electron chi connectivity index (χ2n) is 6.60. The highest BCUT2D eigenvalue weighted by atomic mass is 16.5. The van der Waals surface area contributed by atoms with Gasteiger partial charge in [0.05, 0.1) is 12.2 Å². The fourth-order valence-electron chi connectivity index (χ4n) is 2.74. The molecule has 142 valence electrons. The van der Waals surface area contributed by atoms with Crippen LogP contribution in [-0.2, 0) is 6.54 Å². The van der Waals surface area contributed by atoms with Crippen LogP contribution in [0.1, 0.15) is 41.4 Å². The van der Waals surface area contributed by atoms with E-state index in [1.807, 2.05) is 45.0 Å². The molecule has 0 saturated carbocycles. The van der Waals surface area contributed by atoms with Crippen LogP contribution in [0.4, 0.5) is 4.79 Å². The van der Waals surface area contributed by atoms with Crippen LogP contribution in [0.15, 0.2) is 33.3 Å². The number of nitrogens with zero attached hydrogens (tertiary/aromatic N) is 4. The second-order valence-corrected chi connectivity index (χ2v) is 6.60. The molecular formula is C19H23N5O3. The zero-order valence-electron chi connectivity index (χ0n) is 16.1. The second kappa shape index (κ2) is 7.61. The summed E-state index contributed by atoms with van der Waals surface area (Å²) in [7, 11) is 1.71. The summed E-state index contributed by atoms with van der Waals surface area (Å²) in [6, 6.07) is 7.13. The van der Waals surface area contributed by atoms with Gasteiger partial charge in [-0.1, -0.05) is 34.6 Å². The molecule has 1 aromatic carbocycles. The number of aryl methyl sites for hydroxylation is 3. The predicted octanol–water partition coefficient (Wildman–Crippen LogP) is 3.55. The van der Waals surface area contributed by atoms with Gasteiger partial charge in [-0.25, -0.2) is 4.79 Å². The van der Waals surface area contributed by atoms with Gasteiger partial charge in [-0.2, -0.15) is 4.98 Å². The predicted molar refractivity (Wildman–Crippen MR) is 98.9 cm³/mol. The van der Waals surface area contributed by atoms with E-state index in [-0.39, 0.29) is 6.03 Å². The normalized spacial score (nSPS) is 12.0. The summed E-state index contributed by atoms with van der Waals surface area (Å²) in [6.45, 7) is 7.87. The van der Waals surface area contributed by atoms with Crippen LogP contribution in [0.2, 0.25) is 0 Å². The Hall–Kier alpha value is -3.16. The SMILES string of the molecule is Cc1ccccc1-c1noc(C(C)NC(=O)N(C)Cc2c(C)noc2C)n1. The first-order chi connectivity index (χ1) is 12.9. The van der Waals surface area contributed by atoms with E-state index in [1.165, 1.54) is 0 Å². The lowest BCUT2D eigenvalue weighted by Crippen LogP contribution is -2.38. The molecule has 0 saturated heterocycles. The van der Waals surface area contributed by atoms with Gasteiger partial charge in [0.1, 0.15) is 11.8 Å². The smallest absolute Gasteiger partial charge is 0.318 e. The summed E-state index contributed by atoms with van der Waals surface area (Å²) >= 11 is 0. The highest BCUT2D eigenvalue weighted by Gasteiger charge is 2.21. The van der Waals surface area contributed by atoms with E-state index in [2.05, 4.69) is 20.6 Å². The summed E-state index contributed by atoms with van der Waals surface area (Å²) in [4.78, 5) is 18.5. The number of amides is 2. The minimum absolute atomic E-state index is 0.252. The fourth-order valence-corrected chi connectivity index (χ4v) is 2.74. The summed E-state index contributed by atoms with van der Waals surface area (Å²) in [6.07, 6.45) is 0. The summed E-state index contributed by atoms with van der Waals surface area (Å²) in [5.74, 6) is 1.57. The Balaban J connectivity index is 1.66. The average molecular weight is 369 g/mol. The van der Waals surface area contributed by atoms with Crippen molar-refractivity contribution in [2.24, 2.45) is 0 Å². The first kappa shape index (κ1) is 18.6. The van der Waals surface area contributed by atoms with Crippen molar-refractivity contribution < 1.29 is 13.8 Å². The van der Waals surface area contributed by atoms with Gasteiger partial charge in [-0.05, 0) is 33.3 Å². The lowest BCUT2D eigenvalue weighted by atomic mass is 10.1. The molecule has 2 amide bonds. The Labute approximate surface area is 157 Å². The maximum atomic E-state index is 12.5. The van der Waals surface area contributed by atoms with E-state index in [1.54, 1.807) is 18.9 Å². The van der Waals surface area contributed by atoms with Crippen LogP contribution in [-0.4, -0.2) is 33.3 Å². The Bertz CT molecular complexity index is 927. The lowest BCUT2D eigenvalue weighted by Gasteiger charge is -2.19. The van der Waals surface area contributed by atoms with E-state index in [9.17, 15) is 4.79 Å². The Morgan fingerprint density at radius 1 is 1.19 bits per heavy atom. The van der Waals surface area contributed by atoms with Gasteiger partial charge in [0, 0.05) is 18.2 Å². The minimum atomic E-state index is -0.421. The largest absolute Gasteiger partial charge is 0.361 e. The summed E-state index contributed by atoms with van der Waals surface area (Å²) in [5, 5.41) is 10.8. The molecule has 1 atom stereocenters. The number of hydrogen-bond acceptors (Lipinski definition) is 6. The van der Waals surface area contributed by atoms with Crippen LogP contribution in [0.3, 0.4) is 0 Å². The number of rotatable bonds is 5.